The number of aromatic nitrogens is 2. The van der Waals surface area contributed by atoms with Gasteiger partial charge in [0.05, 0.1) is 23.7 Å². The topological polar surface area (TPSA) is 80.7 Å². The Kier molecular flexibility index (Phi) is 3.78. The van der Waals surface area contributed by atoms with Gasteiger partial charge in [0.2, 0.25) is 0 Å². The molecule has 6 atom stereocenters. The largest absolute Gasteiger partial charge is 0.460 e. The lowest BCUT2D eigenvalue weighted by Gasteiger charge is -2.37. The van der Waals surface area contributed by atoms with Gasteiger partial charge < -0.3 is 4.42 Å². The Labute approximate surface area is 190 Å². The van der Waals surface area contributed by atoms with Crippen molar-refractivity contribution in [1.29, 1.82) is 0 Å². The predicted octanol–water partition coefficient (Wildman–Crippen LogP) is 3.83. The number of benzene rings is 1. The van der Waals surface area contributed by atoms with Crippen molar-refractivity contribution in [3.05, 3.63) is 72.1 Å². The van der Waals surface area contributed by atoms with Crippen LogP contribution in [-0.2, 0) is 9.59 Å². The van der Waals surface area contributed by atoms with Crippen molar-refractivity contribution in [1.82, 2.24) is 14.8 Å². The first-order valence-electron chi connectivity index (χ1n) is 11.4. The number of furan rings is 1. The third-order valence-corrected chi connectivity index (χ3v) is 7.69. The van der Waals surface area contributed by atoms with Gasteiger partial charge in [0.15, 0.2) is 5.76 Å². The van der Waals surface area contributed by atoms with Crippen LogP contribution in [0.4, 0.5) is 0 Å². The van der Waals surface area contributed by atoms with E-state index in [1.54, 1.807) is 10.9 Å². The maximum atomic E-state index is 13.2. The molecule has 3 fully saturated rings. The summed E-state index contributed by atoms with van der Waals surface area (Å²) >= 11 is 0. The zero-order valence-corrected chi connectivity index (χ0v) is 18.0. The molecule has 2 bridgehead atoms. The number of nitrogens with zero attached hydrogens (tertiary/aromatic N) is 4. The minimum Gasteiger partial charge on any atom is -0.460 e. The predicted molar refractivity (Wildman–Crippen MR) is 120 cm³/mol. The molecule has 0 spiro atoms. The van der Waals surface area contributed by atoms with Crippen molar-refractivity contribution in [3.8, 4) is 17.1 Å². The number of para-hydroxylation sites is 1. The lowest BCUT2D eigenvalue weighted by molar-refractivity contribution is -0.140. The van der Waals surface area contributed by atoms with E-state index in [0.29, 0.717) is 28.9 Å². The van der Waals surface area contributed by atoms with Gasteiger partial charge in [0.1, 0.15) is 11.5 Å². The Balaban J connectivity index is 1.25. The molecule has 164 valence electrons. The molecule has 1 aromatic carbocycles. The average molecular weight is 438 g/mol. The van der Waals surface area contributed by atoms with Crippen LogP contribution in [0.25, 0.3) is 17.1 Å². The maximum absolute atomic E-state index is 13.2. The molecule has 8 rings (SSSR count). The highest BCUT2D eigenvalue weighted by Crippen LogP contribution is 2.65. The van der Waals surface area contributed by atoms with Crippen LogP contribution >= 0.6 is 0 Å². The van der Waals surface area contributed by atoms with Crippen molar-refractivity contribution in [2.24, 2.45) is 40.6 Å². The molecular weight excluding hydrogens is 416 g/mol. The summed E-state index contributed by atoms with van der Waals surface area (Å²) < 4.78 is 7.56. The molecule has 5 aliphatic rings. The second-order valence-corrected chi connectivity index (χ2v) is 9.51. The molecule has 2 aromatic heterocycles. The number of carbonyl (C=O) groups excluding carboxylic acids is 2. The van der Waals surface area contributed by atoms with Crippen LogP contribution in [0.5, 0.6) is 0 Å². The highest BCUT2D eigenvalue weighted by atomic mass is 16.3. The number of imide groups is 1. The molecule has 33 heavy (non-hydrogen) atoms. The third kappa shape index (κ3) is 2.68. The second kappa shape index (κ2) is 6.63. The first-order chi connectivity index (χ1) is 16.1. The Hall–Kier alpha value is -3.74. The number of hydrazone groups is 1. The molecule has 3 heterocycles. The molecule has 4 aliphatic carbocycles. The van der Waals surface area contributed by atoms with E-state index in [0.717, 1.165) is 22.9 Å². The van der Waals surface area contributed by atoms with Gasteiger partial charge in [0.25, 0.3) is 11.8 Å². The summed E-state index contributed by atoms with van der Waals surface area (Å²) in [6.07, 6.45) is 8.87. The van der Waals surface area contributed by atoms with E-state index in [1.165, 1.54) is 0 Å². The molecule has 7 nitrogen and oxygen atoms in total. The molecule has 0 unspecified atom stereocenters. The number of hydrogen-bond donors (Lipinski definition) is 0. The van der Waals surface area contributed by atoms with Gasteiger partial charge in [-0.25, -0.2) is 4.68 Å². The summed E-state index contributed by atoms with van der Waals surface area (Å²) in [5.74, 6) is 2.04. The fourth-order valence-corrected chi connectivity index (χ4v) is 6.12. The first kappa shape index (κ1) is 18.8. The van der Waals surface area contributed by atoms with E-state index in [-0.39, 0.29) is 35.5 Å². The fourth-order valence-electron chi connectivity index (χ4n) is 6.12. The van der Waals surface area contributed by atoms with Gasteiger partial charge in [-0.1, -0.05) is 30.4 Å². The van der Waals surface area contributed by atoms with Crippen molar-refractivity contribution in [2.75, 3.05) is 0 Å². The minimum atomic E-state index is -0.257. The third-order valence-electron chi connectivity index (χ3n) is 7.69. The van der Waals surface area contributed by atoms with Gasteiger partial charge in [0, 0.05) is 11.8 Å². The van der Waals surface area contributed by atoms with Crippen molar-refractivity contribution < 1.29 is 14.0 Å². The molecule has 2 saturated carbocycles. The molecule has 0 N–H and O–H groups in total. The van der Waals surface area contributed by atoms with Crippen LogP contribution in [-0.4, -0.2) is 32.8 Å². The Morgan fingerprint density at radius 3 is 2.33 bits per heavy atom. The van der Waals surface area contributed by atoms with Crippen molar-refractivity contribution >= 4 is 18.0 Å². The fraction of sp³-hybridized carbons (Fsp3) is 0.308. The molecule has 0 radical (unpaired) electrons. The normalized spacial score (nSPS) is 31.5. The molecule has 2 amide bonds. The number of amides is 2. The summed E-state index contributed by atoms with van der Waals surface area (Å²) in [6, 6.07) is 13.5. The van der Waals surface area contributed by atoms with E-state index in [9.17, 15) is 9.59 Å². The lowest BCUT2D eigenvalue weighted by atomic mass is 9.63. The van der Waals surface area contributed by atoms with Crippen molar-refractivity contribution in [2.45, 2.75) is 13.3 Å². The molecule has 7 heteroatoms. The summed E-state index contributed by atoms with van der Waals surface area (Å²) in [5, 5.41) is 10.2. The highest BCUT2D eigenvalue weighted by Gasteiger charge is 2.67. The minimum absolute atomic E-state index is 0.170. The molecular formula is C26H22N4O3. The van der Waals surface area contributed by atoms with Gasteiger partial charge in [-0.2, -0.15) is 15.2 Å². The van der Waals surface area contributed by atoms with Crippen LogP contribution in [0.15, 0.2) is 70.3 Å². The highest BCUT2D eigenvalue weighted by molar-refractivity contribution is 6.06. The van der Waals surface area contributed by atoms with Crippen LogP contribution in [0.1, 0.15) is 17.7 Å². The number of hydrogen-bond acceptors (Lipinski definition) is 5. The Bertz CT molecular complexity index is 1310. The quantitative estimate of drug-likeness (QED) is 0.352. The number of aryl methyl sites for hydroxylation is 1. The first-order valence-corrected chi connectivity index (χ1v) is 11.4. The summed E-state index contributed by atoms with van der Waals surface area (Å²) in [6.45, 7) is 1.88. The Morgan fingerprint density at radius 2 is 1.70 bits per heavy atom. The average Bonchev–Trinajstić information content (AvgIpc) is 3.30. The van der Waals surface area contributed by atoms with Gasteiger partial charge in [-0.05, 0) is 61.3 Å². The molecule has 3 aromatic rings. The van der Waals surface area contributed by atoms with E-state index in [2.05, 4.69) is 17.3 Å². The summed E-state index contributed by atoms with van der Waals surface area (Å²) in [7, 11) is 0. The smallest absolute Gasteiger partial charge is 0.254 e. The molecule has 1 aliphatic heterocycles. The lowest BCUT2D eigenvalue weighted by Crippen LogP contribution is -2.40. The molecule has 1 saturated heterocycles. The zero-order valence-electron chi connectivity index (χ0n) is 18.0. The van der Waals surface area contributed by atoms with E-state index < -0.39 is 0 Å². The second-order valence-electron chi connectivity index (χ2n) is 9.51. The number of carbonyl (C=O) groups is 2. The number of allylic oxidation sites excluding steroid dienone is 2. The van der Waals surface area contributed by atoms with Crippen molar-refractivity contribution in [3.63, 3.8) is 0 Å². The van der Waals surface area contributed by atoms with E-state index in [1.807, 2.05) is 55.6 Å². The van der Waals surface area contributed by atoms with Crippen LogP contribution < -0.4 is 0 Å². The van der Waals surface area contributed by atoms with Crippen LogP contribution in [0.2, 0.25) is 0 Å². The monoisotopic (exact) mass is 438 g/mol. The SMILES string of the molecule is Cc1ccc(-c2nn(-c3ccccc3)cc2/C=N\N2C(=O)[C@@H]3[C@H]4C=C[C@@H]([C@@H]5C[C@H]45)[C@@H]3C2=O)o1. The summed E-state index contributed by atoms with van der Waals surface area (Å²) in [4.78, 5) is 26.5. The van der Waals surface area contributed by atoms with Gasteiger partial charge in [-0.15, -0.1) is 0 Å². The van der Waals surface area contributed by atoms with Gasteiger partial charge in [-0.3, -0.25) is 9.59 Å². The van der Waals surface area contributed by atoms with E-state index >= 15 is 0 Å². The standard InChI is InChI=1S/C26H22N4O3/c1-14-7-10-21(33-14)24-15(13-29(28-24)16-5-3-2-4-6-16)12-27-30-25(31)22-17-8-9-18(20-11-19(17)20)23(22)26(30)32/h2-10,12-13,17-20,22-23H,11H2,1H3/b27-12-/t17-,18-,19-,20+,22-,23+/m0/s1. The maximum Gasteiger partial charge on any atom is 0.254 e. The van der Waals surface area contributed by atoms with Gasteiger partial charge >= 0.3 is 0 Å². The van der Waals surface area contributed by atoms with Crippen LogP contribution in [0, 0.1) is 42.4 Å². The zero-order chi connectivity index (χ0) is 22.3. The number of rotatable bonds is 4. The van der Waals surface area contributed by atoms with Crippen LogP contribution in [0.3, 0.4) is 0 Å². The van der Waals surface area contributed by atoms with E-state index in [4.69, 9.17) is 9.52 Å². The summed E-state index contributed by atoms with van der Waals surface area (Å²) in [5.41, 5.74) is 2.17. The Morgan fingerprint density at radius 1 is 1.00 bits per heavy atom.